The van der Waals surface area contributed by atoms with Crippen molar-refractivity contribution < 1.29 is 8.42 Å². The molecule has 0 radical (unpaired) electrons. The molecule has 1 aromatic rings. The maximum absolute atomic E-state index is 12.2. The molecule has 0 bridgehead atoms. The van der Waals surface area contributed by atoms with E-state index in [9.17, 15) is 8.42 Å². The Morgan fingerprint density at radius 2 is 2.11 bits per heavy atom. The van der Waals surface area contributed by atoms with Crippen LogP contribution in [0.15, 0.2) is 17.3 Å². The van der Waals surface area contributed by atoms with Crippen molar-refractivity contribution in [1.29, 1.82) is 0 Å². The Balaban J connectivity index is 1.98. The summed E-state index contributed by atoms with van der Waals surface area (Å²) in [5, 5.41) is 6.42. The number of hydrogen-bond donors (Lipinski definition) is 1. The fourth-order valence-electron chi connectivity index (χ4n) is 2.37. The van der Waals surface area contributed by atoms with Gasteiger partial charge in [0.05, 0.1) is 6.20 Å². The summed E-state index contributed by atoms with van der Waals surface area (Å²) in [7, 11) is 0.730. The maximum atomic E-state index is 12.2. The average Bonchev–Trinajstić information content (AvgIpc) is 2.83. The summed E-state index contributed by atoms with van der Waals surface area (Å²) in [4.78, 5) is 2.16. The van der Waals surface area contributed by atoms with Crippen LogP contribution in [0, 0.1) is 5.92 Å². The lowest BCUT2D eigenvalue weighted by atomic mass is 9.98. The van der Waals surface area contributed by atoms with E-state index in [1.807, 2.05) is 14.1 Å². The van der Waals surface area contributed by atoms with Crippen LogP contribution in [-0.4, -0.2) is 61.5 Å². The fourth-order valence-corrected chi connectivity index (χ4v) is 3.75. The first kappa shape index (κ1) is 13.5. The van der Waals surface area contributed by atoms with Crippen molar-refractivity contribution in [2.24, 2.45) is 5.92 Å². The van der Waals surface area contributed by atoms with Crippen LogP contribution < -0.4 is 0 Å². The number of rotatable bonds is 4. The van der Waals surface area contributed by atoms with Gasteiger partial charge < -0.3 is 4.90 Å². The molecular weight excluding hydrogens is 252 g/mol. The van der Waals surface area contributed by atoms with Crippen LogP contribution in [-0.2, 0) is 10.0 Å². The fraction of sp³-hybridized carbons (Fsp3) is 0.727. The molecule has 1 aliphatic heterocycles. The van der Waals surface area contributed by atoms with Crippen molar-refractivity contribution in [3.8, 4) is 0 Å². The van der Waals surface area contributed by atoms with Gasteiger partial charge in [0, 0.05) is 19.6 Å². The Morgan fingerprint density at radius 1 is 1.44 bits per heavy atom. The number of nitrogens with zero attached hydrogens (tertiary/aromatic N) is 3. The largest absolute Gasteiger partial charge is 0.309 e. The minimum atomic E-state index is -3.37. The normalized spacial score (nSPS) is 19.5. The van der Waals surface area contributed by atoms with E-state index in [0.717, 1.165) is 19.4 Å². The van der Waals surface area contributed by atoms with Crippen LogP contribution in [0.4, 0.5) is 0 Å². The Hall–Kier alpha value is -0.920. The monoisotopic (exact) mass is 272 g/mol. The number of H-pyrrole nitrogens is 1. The molecule has 0 atom stereocenters. The number of hydrogen-bond acceptors (Lipinski definition) is 4. The first-order chi connectivity index (χ1) is 8.50. The minimum Gasteiger partial charge on any atom is -0.309 e. The number of sulfonamides is 1. The summed E-state index contributed by atoms with van der Waals surface area (Å²) in [6, 6.07) is 1.50. The van der Waals surface area contributed by atoms with Crippen LogP contribution in [0.1, 0.15) is 12.8 Å². The Kier molecular flexibility index (Phi) is 4.04. The second-order valence-electron chi connectivity index (χ2n) is 5.03. The zero-order chi connectivity index (χ0) is 13.2. The van der Waals surface area contributed by atoms with Gasteiger partial charge in [-0.05, 0) is 38.9 Å². The summed E-state index contributed by atoms with van der Waals surface area (Å²) in [6.45, 7) is 2.22. The molecule has 1 saturated heterocycles. The molecule has 0 spiro atoms. The Labute approximate surface area is 108 Å². The molecule has 1 fully saturated rings. The van der Waals surface area contributed by atoms with Crippen LogP contribution in [0.25, 0.3) is 0 Å². The molecule has 6 nitrogen and oxygen atoms in total. The molecule has 1 N–H and O–H groups in total. The minimum absolute atomic E-state index is 0.188. The van der Waals surface area contributed by atoms with E-state index in [1.54, 1.807) is 4.31 Å². The van der Waals surface area contributed by atoms with Gasteiger partial charge in [0.25, 0.3) is 10.0 Å². The summed E-state index contributed by atoms with van der Waals surface area (Å²) in [5.74, 6) is 0.591. The van der Waals surface area contributed by atoms with Crippen LogP contribution >= 0.6 is 0 Å². The molecule has 2 rings (SSSR count). The molecule has 1 aliphatic rings. The first-order valence-corrected chi connectivity index (χ1v) is 7.58. The highest BCUT2D eigenvalue weighted by Gasteiger charge is 2.30. The van der Waals surface area contributed by atoms with Crippen LogP contribution in [0.5, 0.6) is 0 Å². The zero-order valence-corrected chi connectivity index (χ0v) is 11.7. The SMILES string of the molecule is CN(C)CC1CCN(S(=O)(=O)c2ccn[nH]2)CC1. The molecule has 0 unspecified atom stereocenters. The van der Waals surface area contributed by atoms with Crippen molar-refractivity contribution in [3.05, 3.63) is 12.3 Å². The van der Waals surface area contributed by atoms with Gasteiger partial charge in [0.15, 0.2) is 5.03 Å². The number of aromatic nitrogens is 2. The molecule has 0 aliphatic carbocycles. The second kappa shape index (κ2) is 5.38. The van der Waals surface area contributed by atoms with Crippen molar-refractivity contribution in [1.82, 2.24) is 19.4 Å². The quantitative estimate of drug-likeness (QED) is 0.860. The Morgan fingerprint density at radius 3 is 2.61 bits per heavy atom. The highest BCUT2D eigenvalue weighted by molar-refractivity contribution is 7.89. The lowest BCUT2D eigenvalue weighted by molar-refractivity contribution is 0.224. The highest BCUT2D eigenvalue weighted by atomic mass is 32.2. The number of aromatic amines is 1. The van der Waals surface area contributed by atoms with E-state index >= 15 is 0 Å². The van der Waals surface area contributed by atoms with E-state index in [0.29, 0.717) is 19.0 Å². The van der Waals surface area contributed by atoms with Crippen LogP contribution in [0.3, 0.4) is 0 Å². The third kappa shape index (κ3) is 2.90. The van der Waals surface area contributed by atoms with Gasteiger partial charge in [0.2, 0.25) is 0 Å². The Bertz CT molecular complexity index is 461. The standard InChI is InChI=1S/C11H20N4O2S/c1-14(2)9-10-4-7-15(8-5-10)18(16,17)11-3-6-12-13-11/h3,6,10H,4-5,7-9H2,1-2H3,(H,12,13). The summed E-state index contributed by atoms with van der Waals surface area (Å²) < 4.78 is 26.0. The van der Waals surface area contributed by atoms with Crippen molar-refractivity contribution >= 4 is 10.0 Å². The molecular formula is C11H20N4O2S. The number of piperidine rings is 1. The van der Waals surface area contributed by atoms with E-state index in [2.05, 4.69) is 15.1 Å². The van der Waals surface area contributed by atoms with E-state index < -0.39 is 10.0 Å². The van der Waals surface area contributed by atoms with Gasteiger partial charge in [-0.1, -0.05) is 0 Å². The molecule has 7 heteroatoms. The molecule has 102 valence electrons. The van der Waals surface area contributed by atoms with E-state index in [-0.39, 0.29) is 5.03 Å². The van der Waals surface area contributed by atoms with Crippen molar-refractivity contribution in [3.63, 3.8) is 0 Å². The van der Waals surface area contributed by atoms with Gasteiger partial charge in [-0.15, -0.1) is 0 Å². The zero-order valence-electron chi connectivity index (χ0n) is 10.8. The first-order valence-electron chi connectivity index (χ1n) is 6.14. The number of nitrogens with one attached hydrogen (secondary N) is 1. The smallest absolute Gasteiger partial charge is 0.259 e. The maximum Gasteiger partial charge on any atom is 0.259 e. The molecule has 0 aromatic carbocycles. The lowest BCUT2D eigenvalue weighted by Gasteiger charge is -2.32. The summed E-state index contributed by atoms with van der Waals surface area (Å²) in [5.41, 5.74) is 0. The molecule has 0 amide bonds. The third-order valence-corrected chi connectivity index (χ3v) is 5.12. The predicted molar refractivity (Wildman–Crippen MR) is 68.6 cm³/mol. The average molecular weight is 272 g/mol. The molecule has 2 heterocycles. The van der Waals surface area contributed by atoms with E-state index in [1.165, 1.54) is 12.3 Å². The third-order valence-electron chi connectivity index (χ3n) is 3.29. The predicted octanol–water partition coefficient (Wildman–Crippen LogP) is 0.372. The van der Waals surface area contributed by atoms with Gasteiger partial charge in [-0.2, -0.15) is 9.40 Å². The van der Waals surface area contributed by atoms with Gasteiger partial charge in [-0.3, -0.25) is 5.10 Å². The summed E-state index contributed by atoms with van der Waals surface area (Å²) >= 11 is 0. The van der Waals surface area contributed by atoms with Crippen molar-refractivity contribution in [2.75, 3.05) is 33.7 Å². The van der Waals surface area contributed by atoms with E-state index in [4.69, 9.17) is 0 Å². The van der Waals surface area contributed by atoms with Gasteiger partial charge in [-0.25, -0.2) is 8.42 Å². The topological polar surface area (TPSA) is 69.3 Å². The van der Waals surface area contributed by atoms with Gasteiger partial charge >= 0.3 is 0 Å². The van der Waals surface area contributed by atoms with Crippen LogP contribution in [0.2, 0.25) is 0 Å². The lowest BCUT2D eigenvalue weighted by Crippen LogP contribution is -2.40. The second-order valence-corrected chi connectivity index (χ2v) is 6.94. The summed E-state index contributed by atoms with van der Waals surface area (Å²) in [6.07, 6.45) is 3.31. The molecule has 0 saturated carbocycles. The van der Waals surface area contributed by atoms with Crippen molar-refractivity contribution in [2.45, 2.75) is 17.9 Å². The highest BCUT2D eigenvalue weighted by Crippen LogP contribution is 2.22. The molecule has 1 aromatic heterocycles. The van der Waals surface area contributed by atoms with Gasteiger partial charge in [0.1, 0.15) is 0 Å². The molecule has 18 heavy (non-hydrogen) atoms.